The quantitative estimate of drug-likeness (QED) is 0.127. The van der Waals surface area contributed by atoms with Crippen LogP contribution in [0.15, 0.2) is 126 Å². The molecule has 0 fully saturated rings. The lowest BCUT2D eigenvalue weighted by Crippen LogP contribution is -3.00. The van der Waals surface area contributed by atoms with Crippen molar-refractivity contribution in [1.82, 2.24) is 10.3 Å². The molecule has 1 aromatic heterocycles. The average molecular weight is 807 g/mol. The van der Waals surface area contributed by atoms with E-state index in [-0.39, 0.29) is 34.8 Å². The molecule has 3 aromatic carbocycles. The molecule has 0 amide bonds. The van der Waals surface area contributed by atoms with Gasteiger partial charge in [-0.1, -0.05) is 80.6 Å². The van der Waals surface area contributed by atoms with Crippen molar-refractivity contribution in [3.05, 3.63) is 143 Å². The Bertz CT molecular complexity index is 2160. The Morgan fingerprint density at radius 3 is 2.38 bits per heavy atom. The summed E-state index contributed by atoms with van der Waals surface area (Å²) >= 11 is 0. The number of nitrogens with zero attached hydrogens (tertiary/aromatic N) is 2. The lowest BCUT2D eigenvalue weighted by atomic mass is 9.81. The summed E-state index contributed by atoms with van der Waals surface area (Å²) < 4.78 is 2.42. The van der Waals surface area contributed by atoms with Crippen LogP contribution < -0.4 is 34.2 Å². The standard InChI is InChI=1S/C45H50N4O2.HI/c1-7-48-38-22-13-10-19-34(38)44(3,4)40(48)26-24-30-16-15-17-31(25-27-41-45(5,6)35-20-11-14-23-39(35)49(41)8-2)42(30)47-37(43(50)51)28-32-29-46-36-21-12-9-18-33(32)36;/h9-14,18-27,29,37,46H,7-8,15-17,28H2,1-6H3,(H,50,51);1H/b30-24+,40-26+;/t37-;/m0./s1. The molecule has 0 saturated carbocycles. The second kappa shape index (κ2) is 14.9. The molecule has 0 bridgehead atoms. The predicted octanol–water partition coefficient (Wildman–Crippen LogP) is 6.48. The van der Waals surface area contributed by atoms with Crippen LogP contribution in [0.3, 0.4) is 0 Å². The minimum atomic E-state index is -0.858. The van der Waals surface area contributed by atoms with E-state index in [1.165, 1.54) is 33.9 Å². The van der Waals surface area contributed by atoms with Gasteiger partial charge in [-0.05, 0) is 87.4 Å². The van der Waals surface area contributed by atoms with Crippen molar-refractivity contribution in [2.24, 2.45) is 0 Å². The number of aliphatic carboxylic acids is 1. The average Bonchev–Trinajstić information content (AvgIpc) is 3.71. The van der Waals surface area contributed by atoms with Crippen molar-refractivity contribution >= 4 is 34.0 Å². The Morgan fingerprint density at radius 1 is 0.923 bits per heavy atom. The molecule has 2 aliphatic heterocycles. The molecular formula is C45H51IN4O2. The van der Waals surface area contributed by atoms with Gasteiger partial charge in [0.2, 0.25) is 5.69 Å². The number of nitrogens with one attached hydrogen (secondary N) is 2. The van der Waals surface area contributed by atoms with E-state index in [0.717, 1.165) is 65.7 Å². The number of rotatable bonds is 10. The fourth-order valence-electron chi connectivity index (χ4n) is 8.66. The van der Waals surface area contributed by atoms with Gasteiger partial charge in [-0.2, -0.15) is 4.58 Å². The number of hydrogen-bond donors (Lipinski definition) is 3. The molecule has 3 N–H and O–H groups in total. The van der Waals surface area contributed by atoms with Crippen LogP contribution in [-0.4, -0.2) is 45.5 Å². The van der Waals surface area contributed by atoms with E-state index in [0.29, 0.717) is 6.42 Å². The van der Waals surface area contributed by atoms with Gasteiger partial charge in [0.05, 0.1) is 5.41 Å². The van der Waals surface area contributed by atoms with Crippen LogP contribution in [0.2, 0.25) is 0 Å². The van der Waals surface area contributed by atoms with Gasteiger partial charge in [0.1, 0.15) is 12.6 Å². The third-order valence-electron chi connectivity index (χ3n) is 11.4. The first kappa shape index (κ1) is 37.4. The molecule has 3 heterocycles. The van der Waals surface area contributed by atoms with E-state index in [1.54, 1.807) is 0 Å². The van der Waals surface area contributed by atoms with Crippen LogP contribution >= 0.6 is 0 Å². The minimum Gasteiger partial charge on any atom is -1.00 e. The number of carboxylic acids is 1. The van der Waals surface area contributed by atoms with Gasteiger partial charge in [-0.15, -0.1) is 0 Å². The number of allylic oxidation sites excluding steroid dienone is 7. The monoisotopic (exact) mass is 806 g/mol. The van der Waals surface area contributed by atoms with Crippen LogP contribution in [0.25, 0.3) is 10.9 Å². The Kier molecular flexibility index (Phi) is 10.7. The number of carbonyl (C=O) groups is 1. The maximum atomic E-state index is 13.0. The topological polar surface area (TPSA) is 71.4 Å². The summed E-state index contributed by atoms with van der Waals surface area (Å²) in [5, 5.41) is 15.3. The van der Waals surface area contributed by atoms with Crippen molar-refractivity contribution < 1.29 is 38.5 Å². The lowest BCUT2D eigenvalue weighted by Gasteiger charge is -2.28. The molecule has 1 aliphatic carbocycles. The van der Waals surface area contributed by atoms with Crippen LogP contribution in [0.5, 0.6) is 0 Å². The van der Waals surface area contributed by atoms with Gasteiger partial charge in [0.25, 0.3) is 0 Å². The molecule has 270 valence electrons. The Balaban J connectivity index is 0.00000464. The van der Waals surface area contributed by atoms with E-state index in [2.05, 4.69) is 140 Å². The number of aromatic amines is 1. The molecule has 0 unspecified atom stereocenters. The van der Waals surface area contributed by atoms with Gasteiger partial charge in [0.15, 0.2) is 5.71 Å². The molecule has 1 atom stereocenters. The van der Waals surface area contributed by atoms with E-state index >= 15 is 0 Å². The second-order valence-electron chi connectivity index (χ2n) is 15.1. The minimum absolute atomic E-state index is 0. The highest BCUT2D eigenvalue weighted by atomic mass is 127. The number of carboxylic acid groups (broad SMARTS) is 1. The van der Waals surface area contributed by atoms with E-state index in [1.807, 2.05) is 24.4 Å². The van der Waals surface area contributed by atoms with Crippen LogP contribution in [0, 0.1) is 0 Å². The number of para-hydroxylation sites is 3. The van der Waals surface area contributed by atoms with Gasteiger partial charge in [-0.3, -0.25) is 0 Å². The highest BCUT2D eigenvalue weighted by Gasteiger charge is 2.43. The summed E-state index contributed by atoms with van der Waals surface area (Å²) in [6.45, 7) is 15.4. The molecule has 3 aliphatic rings. The summed E-state index contributed by atoms with van der Waals surface area (Å²) in [6.07, 6.45) is 14.1. The van der Waals surface area contributed by atoms with Gasteiger partial charge in [0, 0.05) is 70.3 Å². The molecular weight excluding hydrogens is 755 g/mol. The smallest absolute Gasteiger partial charge is 0.326 e. The highest BCUT2D eigenvalue weighted by Crippen LogP contribution is 2.47. The Hall–Kier alpha value is -4.37. The fourth-order valence-corrected chi connectivity index (χ4v) is 8.66. The van der Waals surface area contributed by atoms with Crippen molar-refractivity contribution in [2.75, 3.05) is 18.0 Å². The van der Waals surface area contributed by atoms with Crippen molar-refractivity contribution in [3.8, 4) is 0 Å². The van der Waals surface area contributed by atoms with Crippen LogP contribution in [0.1, 0.15) is 77.5 Å². The number of likely N-dealkylation sites (N-methyl/N-ethyl adjacent to an activating group) is 1. The van der Waals surface area contributed by atoms with Crippen LogP contribution in [-0.2, 0) is 22.0 Å². The largest absolute Gasteiger partial charge is 1.00 e. The molecule has 6 nitrogen and oxygen atoms in total. The molecule has 7 heteroatoms. The van der Waals surface area contributed by atoms with Crippen LogP contribution in [0.4, 0.5) is 11.4 Å². The zero-order valence-corrected chi connectivity index (χ0v) is 33.4. The number of hydrogen-bond acceptors (Lipinski definition) is 3. The maximum absolute atomic E-state index is 13.0. The highest BCUT2D eigenvalue weighted by molar-refractivity contribution is 6.03. The molecule has 0 spiro atoms. The summed E-state index contributed by atoms with van der Waals surface area (Å²) in [6, 6.07) is 24.7. The summed E-state index contributed by atoms with van der Waals surface area (Å²) in [7, 11) is 0. The Morgan fingerprint density at radius 2 is 1.63 bits per heavy atom. The maximum Gasteiger partial charge on any atom is 0.326 e. The molecule has 0 saturated heterocycles. The first-order chi connectivity index (χ1) is 24.6. The van der Waals surface area contributed by atoms with Crippen molar-refractivity contribution in [1.29, 1.82) is 0 Å². The zero-order valence-electron chi connectivity index (χ0n) is 31.3. The van der Waals surface area contributed by atoms with Gasteiger partial charge >= 0.3 is 5.97 Å². The third kappa shape index (κ3) is 6.57. The number of fused-ring (bicyclic) bond motifs is 3. The second-order valence-corrected chi connectivity index (χ2v) is 15.1. The fraction of sp³-hybridized carbons (Fsp3) is 0.333. The van der Waals surface area contributed by atoms with E-state index in [4.69, 9.17) is 0 Å². The van der Waals surface area contributed by atoms with Crippen molar-refractivity contribution in [2.45, 2.75) is 84.1 Å². The third-order valence-corrected chi connectivity index (χ3v) is 11.4. The molecule has 0 radical (unpaired) electrons. The molecule has 7 rings (SSSR count). The number of aromatic nitrogens is 1. The predicted molar refractivity (Wildman–Crippen MR) is 210 cm³/mol. The number of halogens is 1. The number of H-pyrrole nitrogens is 1. The van der Waals surface area contributed by atoms with Gasteiger partial charge in [-0.25, -0.2) is 4.79 Å². The number of benzene rings is 3. The summed E-state index contributed by atoms with van der Waals surface area (Å²) in [5.74, 6) is -0.858. The normalized spacial score (nSPS) is 19.8. The summed E-state index contributed by atoms with van der Waals surface area (Å²) in [5.41, 5.74) is 12.6. The van der Waals surface area contributed by atoms with E-state index < -0.39 is 12.0 Å². The molecule has 4 aromatic rings. The first-order valence-electron chi connectivity index (χ1n) is 18.5. The summed E-state index contributed by atoms with van der Waals surface area (Å²) in [4.78, 5) is 18.8. The lowest BCUT2D eigenvalue weighted by molar-refractivity contribution is -0.433. The Labute approximate surface area is 325 Å². The van der Waals surface area contributed by atoms with Gasteiger partial charge < -0.3 is 44.3 Å². The zero-order chi connectivity index (χ0) is 35.9. The molecule has 52 heavy (non-hydrogen) atoms. The van der Waals surface area contributed by atoms with E-state index in [9.17, 15) is 9.90 Å². The SMILES string of the molecule is CCN1/C(=C/C=C2\CCCC(/C=C/C3=[N+](CC)c4ccccc4C3(C)C)=C2N[C@@H](Cc2c[nH]c3ccccc23)C(=O)O)C(C)(C)c2ccccc21.[I-]. The van der Waals surface area contributed by atoms with Crippen molar-refractivity contribution in [3.63, 3.8) is 0 Å². The first-order valence-corrected chi connectivity index (χ1v) is 18.5. The number of anilines is 1.